The number of rotatable bonds is 4. The SMILES string of the molecule is Cc1ccc(C(=O)N2CC(C)(OCC(=O)O)C2)cc1F. The van der Waals surface area contributed by atoms with Gasteiger partial charge in [0, 0.05) is 5.56 Å². The summed E-state index contributed by atoms with van der Waals surface area (Å²) in [7, 11) is 0. The van der Waals surface area contributed by atoms with E-state index in [0.29, 0.717) is 18.7 Å². The molecule has 1 N–H and O–H groups in total. The smallest absolute Gasteiger partial charge is 0.329 e. The van der Waals surface area contributed by atoms with Crippen LogP contribution in [-0.4, -0.2) is 47.2 Å². The molecule has 1 aliphatic rings. The Morgan fingerprint density at radius 2 is 2.10 bits per heavy atom. The van der Waals surface area contributed by atoms with E-state index < -0.39 is 24.0 Å². The minimum Gasteiger partial charge on any atom is -0.480 e. The van der Waals surface area contributed by atoms with Crippen molar-refractivity contribution in [2.24, 2.45) is 0 Å². The highest BCUT2D eigenvalue weighted by Crippen LogP contribution is 2.26. The summed E-state index contributed by atoms with van der Waals surface area (Å²) in [5, 5.41) is 8.56. The molecule has 1 amide bonds. The van der Waals surface area contributed by atoms with E-state index in [1.54, 1.807) is 26.0 Å². The van der Waals surface area contributed by atoms with Gasteiger partial charge in [-0.05, 0) is 31.5 Å². The minimum atomic E-state index is -1.04. The number of carbonyl (C=O) groups excluding carboxylic acids is 1. The molecule has 6 heteroatoms. The lowest BCUT2D eigenvalue weighted by Crippen LogP contribution is -2.63. The number of ether oxygens (including phenoxy) is 1. The van der Waals surface area contributed by atoms with Gasteiger partial charge in [-0.15, -0.1) is 0 Å². The molecule has 5 nitrogen and oxygen atoms in total. The Morgan fingerprint density at radius 3 is 2.65 bits per heavy atom. The number of hydrogen-bond acceptors (Lipinski definition) is 3. The Kier molecular flexibility index (Phi) is 3.76. The summed E-state index contributed by atoms with van der Waals surface area (Å²) in [6, 6.07) is 4.35. The minimum absolute atomic E-state index is 0.277. The fraction of sp³-hybridized carbons (Fsp3) is 0.429. The average Bonchev–Trinajstić information content (AvgIpc) is 2.35. The van der Waals surface area contributed by atoms with E-state index in [1.165, 1.54) is 11.0 Å². The standard InChI is InChI=1S/C14H16FNO4/c1-9-3-4-10(5-11(9)15)13(19)16-7-14(2,8-16)20-6-12(17)18/h3-5H,6-8H2,1-2H3,(H,17,18). The molecule has 1 fully saturated rings. The first-order chi connectivity index (χ1) is 9.31. The van der Waals surface area contributed by atoms with E-state index >= 15 is 0 Å². The molecule has 0 unspecified atom stereocenters. The summed E-state index contributed by atoms with van der Waals surface area (Å²) < 4.78 is 18.6. The summed E-state index contributed by atoms with van der Waals surface area (Å²) in [6.07, 6.45) is 0. The zero-order valence-electron chi connectivity index (χ0n) is 11.4. The maximum absolute atomic E-state index is 13.4. The third-order valence-corrected chi connectivity index (χ3v) is 3.30. The first-order valence-electron chi connectivity index (χ1n) is 6.22. The van der Waals surface area contributed by atoms with Crippen molar-refractivity contribution in [3.05, 3.63) is 35.1 Å². The largest absolute Gasteiger partial charge is 0.480 e. The topological polar surface area (TPSA) is 66.8 Å². The van der Waals surface area contributed by atoms with Gasteiger partial charge in [0.2, 0.25) is 0 Å². The van der Waals surface area contributed by atoms with E-state index in [2.05, 4.69) is 0 Å². The quantitative estimate of drug-likeness (QED) is 0.907. The molecular formula is C14H16FNO4. The zero-order chi connectivity index (χ0) is 14.9. The van der Waals surface area contributed by atoms with Gasteiger partial charge in [0.1, 0.15) is 18.0 Å². The van der Waals surface area contributed by atoms with Crippen LogP contribution in [0.1, 0.15) is 22.8 Å². The molecule has 20 heavy (non-hydrogen) atoms. The molecule has 0 spiro atoms. The average molecular weight is 281 g/mol. The number of likely N-dealkylation sites (tertiary alicyclic amines) is 1. The summed E-state index contributed by atoms with van der Waals surface area (Å²) in [6.45, 7) is 3.58. The highest BCUT2D eigenvalue weighted by atomic mass is 19.1. The highest BCUT2D eigenvalue weighted by molar-refractivity contribution is 5.95. The first kappa shape index (κ1) is 14.5. The van der Waals surface area contributed by atoms with Gasteiger partial charge in [-0.2, -0.15) is 0 Å². The number of carboxylic acids is 1. The number of carbonyl (C=O) groups is 2. The van der Waals surface area contributed by atoms with Crippen molar-refractivity contribution >= 4 is 11.9 Å². The lowest BCUT2D eigenvalue weighted by Gasteiger charge is -2.47. The molecule has 0 aliphatic carbocycles. The van der Waals surface area contributed by atoms with E-state index in [4.69, 9.17) is 9.84 Å². The fourth-order valence-electron chi connectivity index (χ4n) is 2.14. The van der Waals surface area contributed by atoms with Gasteiger partial charge in [0.25, 0.3) is 5.91 Å². The van der Waals surface area contributed by atoms with Crippen LogP contribution in [-0.2, 0) is 9.53 Å². The predicted molar refractivity (Wildman–Crippen MR) is 69.0 cm³/mol. The maximum atomic E-state index is 13.4. The van der Waals surface area contributed by atoms with Gasteiger partial charge in [0.05, 0.1) is 13.1 Å². The number of amides is 1. The summed E-state index contributed by atoms with van der Waals surface area (Å²) in [4.78, 5) is 24.1. The number of hydrogen-bond donors (Lipinski definition) is 1. The van der Waals surface area contributed by atoms with E-state index in [-0.39, 0.29) is 11.5 Å². The number of nitrogens with zero attached hydrogens (tertiary/aromatic N) is 1. The van der Waals surface area contributed by atoms with Crippen LogP contribution in [0.25, 0.3) is 0 Å². The van der Waals surface area contributed by atoms with Crippen LogP contribution in [0.3, 0.4) is 0 Å². The Balaban J connectivity index is 1.96. The Labute approximate surface area is 116 Å². The summed E-state index contributed by atoms with van der Waals surface area (Å²) >= 11 is 0. The van der Waals surface area contributed by atoms with Gasteiger partial charge >= 0.3 is 5.97 Å². The van der Waals surface area contributed by atoms with Crippen molar-refractivity contribution in [2.45, 2.75) is 19.4 Å². The molecule has 1 aromatic rings. The molecule has 0 saturated carbocycles. The van der Waals surface area contributed by atoms with Crippen LogP contribution >= 0.6 is 0 Å². The second kappa shape index (κ2) is 5.20. The maximum Gasteiger partial charge on any atom is 0.329 e. The first-order valence-corrected chi connectivity index (χ1v) is 6.22. The van der Waals surface area contributed by atoms with Crippen molar-refractivity contribution < 1.29 is 23.8 Å². The van der Waals surface area contributed by atoms with Crippen molar-refractivity contribution in [3.63, 3.8) is 0 Å². The molecule has 0 radical (unpaired) electrons. The van der Waals surface area contributed by atoms with Gasteiger partial charge in [-0.3, -0.25) is 4.79 Å². The third kappa shape index (κ3) is 2.96. The predicted octanol–water partition coefficient (Wildman–Crippen LogP) is 1.45. The van der Waals surface area contributed by atoms with Gasteiger partial charge in [-0.25, -0.2) is 9.18 Å². The molecular weight excluding hydrogens is 265 g/mol. The van der Waals surface area contributed by atoms with Gasteiger partial charge in [0.15, 0.2) is 0 Å². The van der Waals surface area contributed by atoms with Crippen LogP contribution in [0.2, 0.25) is 0 Å². The number of halogens is 1. The van der Waals surface area contributed by atoms with Crippen molar-refractivity contribution in [3.8, 4) is 0 Å². The van der Waals surface area contributed by atoms with E-state index in [1.807, 2.05) is 0 Å². The van der Waals surface area contributed by atoms with Crippen molar-refractivity contribution in [2.75, 3.05) is 19.7 Å². The van der Waals surface area contributed by atoms with Crippen molar-refractivity contribution in [1.29, 1.82) is 0 Å². The number of aliphatic carboxylic acids is 1. The molecule has 1 saturated heterocycles. The van der Waals surface area contributed by atoms with Crippen LogP contribution in [0.4, 0.5) is 4.39 Å². The number of benzene rings is 1. The fourth-order valence-corrected chi connectivity index (χ4v) is 2.14. The van der Waals surface area contributed by atoms with Crippen LogP contribution < -0.4 is 0 Å². The Bertz CT molecular complexity index is 552. The summed E-state index contributed by atoms with van der Waals surface area (Å²) in [5.41, 5.74) is 0.130. The molecule has 0 bridgehead atoms. The number of aryl methyl sites for hydroxylation is 1. The van der Waals surface area contributed by atoms with Gasteiger partial charge in [-0.1, -0.05) is 6.07 Å². The normalized spacial score (nSPS) is 16.6. The zero-order valence-corrected chi connectivity index (χ0v) is 11.4. The molecule has 2 rings (SSSR count). The van der Waals surface area contributed by atoms with Crippen molar-refractivity contribution in [1.82, 2.24) is 4.90 Å². The summed E-state index contributed by atoms with van der Waals surface area (Å²) in [5.74, 6) is -1.74. The van der Waals surface area contributed by atoms with Crippen LogP contribution in [0, 0.1) is 12.7 Å². The molecule has 1 heterocycles. The molecule has 0 aromatic heterocycles. The Hall–Kier alpha value is -1.95. The van der Waals surface area contributed by atoms with E-state index in [9.17, 15) is 14.0 Å². The Morgan fingerprint density at radius 1 is 1.45 bits per heavy atom. The van der Waals surface area contributed by atoms with E-state index in [0.717, 1.165) is 0 Å². The third-order valence-electron chi connectivity index (χ3n) is 3.30. The highest BCUT2D eigenvalue weighted by Gasteiger charge is 2.43. The monoisotopic (exact) mass is 281 g/mol. The molecule has 108 valence electrons. The van der Waals surface area contributed by atoms with Crippen LogP contribution in [0.15, 0.2) is 18.2 Å². The number of carboxylic acid groups (broad SMARTS) is 1. The molecule has 1 aliphatic heterocycles. The molecule has 1 aromatic carbocycles. The van der Waals surface area contributed by atoms with Crippen LogP contribution in [0.5, 0.6) is 0 Å². The lowest BCUT2D eigenvalue weighted by atomic mass is 9.95. The second-order valence-corrected chi connectivity index (χ2v) is 5.26. The van der Waals surface area contributed by atoms with Gasteiger partial charge < -0.3 is 14.7 Å². The second-order valence-electron chi connectivity index (χ2n) is 5.26. The lowest BCUT2D eigenvalue weighted by molar-refractivity contribution is -0.159. The molecule has 0 atom stereocenters.